The molecule has 1 aliphatic carbocycles. The van der Waals surface area contributed by atoms with Crippen LogP contribution >= 0.6 is 11.6 Å². The number of hydrogen-bond acceptors (Lipinski definition) is 6. The Morgan fingerprint density at radius 3 is 2.55 bits per heavy atom. The van der Waals surface area contributed by atoms with E-state index in [1.165, 1.54) is 36.5 Å². The third-order valence-corrected chi connectivity index (χ3v) is 5.44. The van der Waals surface area contributed by atoms with Crippen LogP contribution in [0.15, 0.2) is 48.8 Å². The lowest BCUT2D eigenvalue weighted by Crippen LogP contribution is -2.54. The second-order valence-corrected chi connectivity index (χ2v) is 7.13. The molecule has 8 heteroatoms. The number of likely N-dealkylation sites (N-methyl/N-ethyl adjacent to an activating group) is 1. The second-order valence-electron chi connectivity index (χ2n) is 6.73. The molecule has 0 aliphatic heterocycles. The van der Waals surface area contributed by atoms with E-state index in [4.69, 9.17) is 21.1 Å². The van der Waals surface area contributed by atoms with Gasteiger partial charge in [0.05, 0.1) is 5.56 Å². The van der Waals surface area contributed by atoms with E-state index in [1.807, 2.05) is 0 Å². The zero-order valence-corrected chi connectivity index (χ0v) is 16.7. The number of nitrogens with zero attached hydrogens (tertiary/aromatic N) is 2. The van der Waals surface area contributed by atoms with Crippen LogP contribution in [0.25, 0.3) is 0 Å². The number of amides is 1. The molecule has 1 saturated carbocycles. The molecule has 2 aromatic rings. The molecule has 29 heavy (non-hydrogen) atoms. The Bertz CT molecular complexity index is 905. The summed E-state index contributed by atoms with van der Waals surface area (Å²) in [6, 6.07) is 9.96. The average Bonchev–Trinajstić information content (AvgIpc) is 2.74. The van der Waals surface area contributed by atoms with Crippen LogP contribution in [0.4, 0.5) is 4.79 Å². The molecule has 152 valence electrons. The molecule has 1 atom stereocenters. The molecule has 0 spiro atoms. The van der Waals surface area contributed by atoms with Gasteiger partial charge >= 0.3 is 12.1 Å². The smallest absolute Gasteiger partial charge is 0.413 e. The highest BCUT2D eigenvalue weighted by Crippen LogP contribution is 2.42. The van der Waals surface area contributed by atoms with Crippen LogP contribution in [0, 0.1) is 0 Å². The fourth-order valence-corrected chi connectivity index (χ4v) is 3.88. The quantitative estimate of drug-likeness (QED) is 0.541. The molecular weight excluding hydrogens is 396 g/mol. The molecular formula is C21H21ClN2O5. The van der Waals surface area contributed by atoms with Crippen molar-refractivity contribution in [3.63, 3.8) is 0 Å². The van der Waals surface area contributed by atoms with Crippen LogP contribution in [0.5, 0.6) is 0 Å². The van der Waals surface area contributed by atoms with Crippen molar-refractivity contribution >= 4 is 29.4 Å². The van der Waals surface area contributed by atoms with Gasteiger partial charge in [-0.05, 0) is 37.5 Å². The molecule has 7 nitrogen and oxygen atoms in total. The maximum Gasteiger partial charge on any atom is 0.413 e. The minimum absolute atomic E-state index is 0.0925. The molecule has 1 fully saturated rings. The van der Waals surface area contributed by atoms with Gasteiger partial charge in [-0.15, -0.1) is 0 Å². The van der Waals surface area contributed by atoms with Crippen molar-refractivity contribution in [1.29, 1.82) is 0 Å². The number of hydrogen-bond donors (Lipinski definition) is 0. The van der Waals surface area contributed by atoms with E-state index >= 15 is 0 Å². The van der Waals surface area contributed by atoms with Crippen LogP contribution < -0.4 is 0 Å². The van der Waals surface area contributed by atoms with E-state index < -0.39 is 24.4 Å². The first-order valence-electron chi connectivity index (χ1n) is 9.23. The number of halogens is 1. The Kier molecular flexibility index (Phi) is 6.49. The van der Waals surface area contributed by atoms with Crippen molar-refractivity contribution < 1.29 is 23.9 Å². The monoisotopic (exact) mass is 416 g/mol. The molecule has 1 aliphatic rings. The number of Topliss-reactive ketones (excluding diaryl/α,β-unsaturated/α-hetero) is 1. The van der Waals surface area contributed by atoms with Crippen molar-refractivity contribution in [3.8, 4) is 0 Å². The summed E-state index contributed by atoms with van der Waals surface area (Å²) in [4.78, 5) is 42.7. The SMILES string of the molecule is CN(C(=O)OCOC(=O)c1ccncc1)[C@@]1(c2ccccc2Cl)CCCCC1=O. The third kappa shape index (κ3) is 4.24. The Morgan fingerprint density at radius 2 is 1.86 bits per heavy atom. The molecule has 1 amide bonds. The van der Waals surface area contributed by atoms with Gasteiger partial charge in [-0.1, -0.05) is 29.8 Å². The van der Waals surface area contributed by atoms with E-state index in [-0.39, 0.29) is 5.78 Å². The Balaban J connectivity index is 1.73. The molecule has 0 unspecified atom stereocenters. The van der Waals surface area contributed by atoms with E-state index in [0.717, 1.165) is 12.8 Å². The lowest BCUT2D eigenvalue weighted by molar-refractivity contribution is -0.133. The van der Waals surface area contributed by atoms with Gasteiger partial charge in [0.25, 0.3) is 0 Å². The molecule has 1 heterocycles. The lowest BCUT2D eigenvalue weighted by Gasteiger charge is -2.43. The summed E-state index contributed by atoms with van der Waals surface area (Å²) in [5.74, 6) is -0.734. The zero-order chi connectivity index (χ0) is 20.9. The van der Waals surface area contributed by atoms with Crippen molar-refractivity contribution in [3.05, 3.63) is 64.9 Å². The average molecular weight is 417 g/mol. The Morgan fingerprint density at radius 1 is 1.14 bits per heavy atom. The number of rotatable bonds is 5. The van der Waals surface area contributed by atoms with Crippen LogP contribution in [0.1, 0.15) is 41.6 Å². The molecule has 1 aromatic carbocycles. The molecule has 0 saturated heterocycles. The van der Waals surface area contributed by atoms with Gasteiger partial charge in [0.1, 0.15) is 5.54 Å². The summed E-state index contributed by atoms with van der Waals surface area (Å²) in [7, 11) is 1.50. The first-order chi connectivity index (χ1) is 14.0. The fourth-order valence-electron chi connectivity index (χ4n) is 3.59. The summed E-state index contributed by atoms with van der Waals surface area (Å²) in [6.07, 6.45) is 4.46. The predicted octanol–water partition coefficient (Wildman–Crippen LogP) is 3.96. The summed E-state index contributed by atoms with van der Waals surface area (Å²) in [5, 5.41) is 0.409. The van der Waals surface area contributed by atoms with Gasteiger partial charge in [-0.2, -0.15) is 0 Å². The van der Waals surface area contributed by atoms with Crippen molar-refractivity contribution in [2.24, 2.45) is 0 Å². The first-order valence-corrected chi connectivity index (χ1v) is 9.60. The van der Waals surface area contributed by atoms with E-state index in [2.05, 4.69) is 4.98 Å². The first kappa shape index (κ1) is 20.8. The fraction of sp³-hybridized carbons (Fsp3) is 0.333. The van der Waals surface area contributed by atoms with Crippen molar-refractivity contribution in [2.45, 2.75) is 31.2 Å². The maximum absolute atomic E-state index is 13.0. The molecule has 0 bridgehead atoms. The Hall–Kier alpha value is -2.93. The van der Waals surface area contributed by atoms with Gasteiger partial charge in [0.2, 0.25) is 6.79 Å². The molecule has 0 N–H and O–H groups in total. The van der Waals surface area contributed by atoms with Crippen LogP contribution in [0.2, 0.25) is 5.02 Å². The van der Waals surface area contributed by atoms with Gasteiger partial charge in [0, 0.05) is 36.4 Å². The summed E-state index contributed by atoms with van der Waals surface area (Å²) < 4.78 is 10.1. The van der Waals surface area contributed by atoms with E-state index in [9.17, 15) is 14.4 Å². The predicted molar refractivity (Wildman–Crippen MR) is 105 cm³/mol. The highest BCUT2D eigenvalue weighted by molar-refractivity contribution is 6.31. The number of ketones is 1. The highest BCUT2D eigenvalue weighted by Gasteiger charge is 2.48. The molecule has 3 rings (SSSR count). The topological polar surface area (TPSA) is 85.8 Å². The largest absolute Gasteiger partial charge is 0.424 e. The van der Waals surface area contributed by atoms with Crippen molar-refractivity contribution in [1.82, 2.24) is 9.88 Å². The van der Waals surface area contributed by atoms with Crippen molar-refractivity contribution in [2.75, 3.05) is 13.8 Å². The second kappa shape index (κ2) is 9.05. The number of aromatic nitrogens is 1. The summed E-state index contributed by atoms with van der Waals surface area (Å²) >= 11 is 6.37. The van der Waals surface area contributed by atoms with Gasteiger partial charge in [-0.3, -0.25) is 14.7 Å². The van der Waals surface area contributed by atoms with E-state index in [0.29, 0.717) is 29.0 Å². The number of ether oxygens (including phenoxy) is 2. The zero-order valence-electron chi connectivity index (χ0n) is 16.0. The number of benzene rings is 1. The van der Waals surface area contributed by atoms with Gasteiger partial charge < -0.3 is 9.47 Å². The van der Waals surface area contributed by atoms with Crippen LogP contribution in [-0.2, 0) is 19.8 Å². The molecule has 0 radical (unpaired) electrons. The number of esters is 1. The lowest BCUT2D eigenvalue weighted by atomic mass is 9.74. The summed E-state index contributed by atoms with van der Waals surface area (Å²) in [5.41, 5.74) is -0.345. The number of carbonyl (C=O) groups is 3. The third-order valence-electron chi connectivity index (χ3n) is 5.11. The van der Waals surface area contributed by atoms with Crippen LogP contribution in [0.3, 0.4) is 0 Å². The normalized spacial score (nSPS) is 18.8. The molecule has 1 aromatic heterocycles. The highest BCUT2D eigenvalue weighted by atomic mass is 35.5. The van der Waals surface area contributed by atoms with Gasteiger partial charge in [-0.25, -0.2) is 9.59 Å². The van der Waals surface area contributed by atoms with E-state index in [1.54, 1.807) is 24.3 Å². The minimum atomic E-state index is -1.21. The standard InChI is InChI=1S/C21H21ClN2O5/c1-24(20(27)29-14-28-19(26)15-9-12-23-13-10-15)21(11-5-4-8-18(21)25)16-6-2-3-7-17(16)22/h2-3,6-7,9-10,12-13H,4-5,8,11,14H2,1H3/t21-/m1/s1. The van der Waals surface area contributed by atoms with Crippen LogP contribution in [-0.4, -0.2) is 41.6 Å². The number of pyridine rings is 1. The Labute approximate surface area is 173 Å². The number of carbonyl (C=O) groups excluding carboxylic acids is 3. The van der Waals surface area contributed by atoms with Gasteiger partial charge in [0.15, 0.2) is 5.78 Å². The minimum Gasteiger partial charge on any atom is -0.424 e. The maximum atomic E-state index is 13.0. The summed E-state index contributed by atoms with van der Waals surface area (Å²) in [6.45, 7) is -0.572.